The number of amides is 1. The van der Waals surface area contributed by atoms with Crippen LogP contribution in [0.4, 0.5) is 8.78 Å². The number of halogens is 3. The summed E-state index contributed by atoms with van der Waals surface area (Å²) in [6.45, 7) is 3.36. The minimum atomic E-state index is -2.92. The van der Waals surface area contributed by atoms with Crippen molar-refractivity contribution in [3.05, 3.63) is 23.8 Å². The Balaban J connectivity index is 0.00000576. The molecule has 0 aliphatic heterocycles. The van der Waals surface area contributed by atoms with Crippen LogP contribution in [0.2, 0.25) is 0 Å². The number of hydrogen-bond donors (Lipinski definition) is 1. The van der Waals surface area contributed by atoms with Gasteiger partial charge in [-0.15, -0.1) is 12.4 Å². The van der Waals surface area contributed by atoms with Crippen molar-refractivity contribution < 1.29 is 23.0 Å². The van der Waals surface area contributed by atoms with E-state index >= 15 is 0 Å². The molecule has 0 radical (unpaired) electrons. The van der Waals surface area contributed by atoms with E-state index in [1.807, 2.05) is 13.8 Å². The minimum Gasteiger partial charge on any atom is -0.490 e. The van der Waals surface area contributed by atoms with Gasteiger partial charge in [0.25, 0.3) is 0 Å². The Morgan fingerprint density at radius 2 is 1.92 bits per heavy atom. The van der Waals surface area contributed by atoms with E-state index in [4.69, 9.17) is 10.5 Å². The topological polar surface area (TPSA) is 64.8 Å². The molecule has 144 valence electrons. The third-order valence-corrected chi connectivity index (χ3v) is 3.86. The average Bonchev–Trinajstić information content (AvgIpc) is 2.54. The number of nitrogens with zero attached hydrogens (tertiary/aromatic N) is 1. The Morgan fingerprint density at radius 1 is 1.28 bits per heavy atom. The molecule has 2 N–H and O–H groups in total. The summed E-state index contributed by atoms with van der Waals surface area (Å²) in [4.78, 5) is 13.8. The average molecular weight is 381 g/mol. The van der Waals surface area contributed by atoms with Crippen molar-refractivity contribution in [3.8, 4) is 11.5 Å². The Kier molecular flexibility index (Phi) is 10.4. The second-order valence-electron chi connectivity index (χ2n) is 5.70. The van der Waals surface area contributed by atoms with E-state index in [1.54, 1.807) is 26.1 Å². The first-order valence-corrected chi connectivity index (χ1v) is 8.01. The molecule has 2 atom stereocenters. The van der Waals surface area contributed by atoms with E-state index in [1.165, 1.54) is 11.0 Å². The summed E-state index contributed by atoms with van der Waals surface area (Å²) in [5.41, 5.74) is 6.71. The number of ether oxygens (including phenoxy) is 2. The third-order valence-electron chi connectivity index (χ3n) is 3.86. The second kappa shape index (κ2) is 11.1. The van der Waals surface area contributed by atoms with Gasteiger partial charge in [0.15, 0.2) is 11.5 Å². The quantitative estimate of drug-likeness (QED) is 0.712. The number of carbonyl (C=O) groups excluding carboxylic acids is 1. The number of benzene rings is 1. The summed E-state index contributed by atoms with van der Waals surface area (Å²) < 4.78 is 34.6. The van der Waals surface area contributed by atoms with E-state index in [2.05, 4.69) is 4.74 Å². The summed E-state index contributed by atoms with van der Waals surface area (Å²) in [7, 11) is 1.66. The van der Waals surface area contributed by atoms with Crippen molar-refractivity contribution in [3.63, 3.8) is 0 Å². The smallest absolute Gasteiger partial charge is 0.387 e. The van der Waals surface area contributed by atoms with Gasteiger partial charge in [-0.2, -0.15) is 8.78 Å². The zero-order valence-corrected chi connectivity index (χ0v) is 15.8. The first-order chi connectivity index (χ1) is 11.3. The molecule has 8 heteroatoms. The first-order valence-electron chi connectivity index (χ1n) is 8.01. The van der Waals surface area contributed by atoms with Crippen molar-refractivity contribution >= 4 is 18.3 Å². The molecule has 1 amide bonds. The monoisotopic (exact) mass is 380 g/mol. The van der Waals surface area contributed by atoms with Crippen molar-refractivity contribution in [1.29, 1.82) is 0 Å². The zero-order chi connectivity index (χ0) is 18.3. The van der Waals surface area contributed by atoms with E-state index in [9.17, 15) is 13.6 Å². The molecular weight excluding hydrogens is 354 g/mol. The molecule has 0 aliphatic carbocycles. The molecule has 0 aliphatic rings. The highest BCUT2D eigenvalue weighted by Gasteiger charge is 2.23. The zero-order valence-electron chi connectivity index (χ0n) is 15.0. The van der Waals surface area contributed by atoms with Gasteiger partial charge in [-0.1, -0.05) is 26.3 Å². The Labute approximate surface area is 153 Å². The summed E-state index contributed by atoms with van der Waals surface area (Å²) in [6, 6.07) is 4.07. The van der Waals surface area contributed by atoms with Gasteiger partial charge in [0.1, 0.15) is 0 Å². The van der Waals surface area contributed by atoms with E-state index in [-0.39, 0.29) is 35.7 Å². The van der Waals surface area contributed by atoms with E-state index < -0.39 is 12.7 Å². The first kappa shape index (κ1) is 23.4. The maximum atomic E-state index is 12.4. The Bertz CT molecular complexity index is 547. The highest BCUT2D eigenvalue weighted by molar-refractivity contribution is 5.85. The van der Waals surface area contributed by atoms with Crippen LogP contribution in [0.5, 0.6) is 11.5 Å². The number of nitrogens with two attached hydrogens (primary N) is 1. The largest absolute Gasteiger partial charge is 0.490 e. The molecular formula is C17H27ClF2N2O3. The molecule has 2 unspecified atom stereocenters. The fourth-order valence-corrected chi connectivity index (χ4v) is 2.22. The van der Waals surface area contributed by atoms with Crippen LogP contribution >= 0.6 is 12.4 Å². The van der Waals surface area contributed by atoms with Crippen molar-refractivity contribution in [1.82, 2.24) is 4.90 Å². The molecule has 0 saturated heterocycles. The van der Waals surface area contributed by atoms with Crippen LogP contribution in [-0.2, 0) is 11.3 Å². The molecule has 0 heterocycles. The molecule has 1 rings (SSSR count). The summed E-state index contributed by atoms with van der Waals surface area (Å²) in [6.07, 6.45) is 0.814. The Hall–Kier alpha value is -1.60. The van der Waals surface area contributed by atoms with E-state index in [0.29, 0.717) is 13.2 Å². The van der Waals surface area contributed by atoms with Crippen LogP contribution in [0.25, 0.3) is 0 Å². The van der Waals surface area contributed by atoms with Gasteiger partial charge in [0.2, 0.25) is 5.91 Å². The normalized spacial score (nSPS) is 13.0. The lowest BCUT2D eigenvalue weighted by molar-refractivity contribution is -0.132. The number of likely N-dealkylation sites (N-methyl/N-ethyl adjacent to an activating group) is 1. The second-order valence-corrected chi connectivity index (χ2v) is 5.70. The highest BCUT2D eigenvalue weighted by Crippen LogP contribution is 2.30. The lowest BCUT2D eigenvalue weighted by Gasteiger charge is -2.25. The van der Waals surface area contributed by atoms with Gasteiger partial charge in [-0.25, -0.2) is 0 Å². The summed E-state index contributed by atoms with van der Waals surface area (Å²) >= 11 is 0. The van der Waals surface area contributed by atoms with Gasteiger partial charge in [0.05, 0.1) is 12.6 Å². The molecule has 0 fully saturated rings. The van der Waals surface area contributed by atoms with Crippen LogP contribution < -0.4 is 15.2 Å². The number of carbonyl (C=O) groups is 1. The predicted molar refractivity (Wildman–Crippen MR) is 95.4 cm³/mol. The van der Waals surface area contributed by atoms with Gasteiger partial charge in [0, 0.05) is 13.6 Å². The number of alkyl halides is 2. The Morgan fingerprint density at radius 3 is 2.44 bits per heavy atom. The molecule has 25 heavy (non-hydrogen) atoms. The third kappa shape index (κ3) is 7.04. The van der Waals surface area contributed by atoms with Crippen molar-refractivity contribution in [2.24, 2.45) is 11.7 Å². The van der Waals surface area contributed by atoms with Crippen LogP contribution in [0.15, 0.2) is 18.2 Å². The summed E-state index contributed by atoms with van der Waals surface area (Å²) in [5.74, 6) is 0.124. The van der Waals surface area contributed by atoms with Crippen LogP contribution in [0.3, 0.4) is 0 Å². The minimum absolute atomic E-state index is 0. The van der Waals surface area contributed by atoms with Gasteiger partial charge >= 0.3 is 6.61 Å². The fourth-order valence-electron chi connectivity index (χ4n) is 2.22. The summed E-state index contributed by atoms with van der Waals surface area (Å²) in [5, 5.41) is 0. The molecule has 0 saturated carbocycles. The number of hydrogen-bond acceptors (Lipinski definition) is 4. The van der Waals surface area contributed by atoms with Crippen LogP contribution in [0, 0.1) is 5.92 Å². The van der Waals surface area contributed by atoms with E-state index in [0.717, 1.165) is 12.0 Å². The van der Waals surface area contributed by atoms with Gasteiger partial charge < -0.3 is 20.1 Å². The van der Waals surface area contributed by atoms with Crippen LogP contribution in [0.1, 0.15) is 32.8 Å². The van der Waals surface area contributed by atoms with Crippen molar-refractivity contribution in [2.75, 3.05) is 13.7 Å². The molecule has 0 bridgehead atoms. The number of rotatable bonds is 9. The fraction of sp³-hybridized carbons (Fsp3) is 0.588. The molecule has 5 nitrogen and oxygen atoms in total. The van der Waals surface area contributed by atoms with Gasteiger partial charge in [-0.05, 0) is 30.5 Å². The molecule has 0 spiro atoms. The van der Waals surface area contributed by atoms with Gasteiger partial charge in [-0.3, -0.25) is 4.79 Å². The maximum Gasteiger partial charge on any atom is 0.387 e. The predicted octanol–water partition coefficient (Wildman–Crippen LogP) is 3.44. The lowest BCUT2D eigenvalue weighted by atomic mass is 9.99. The highest BCUT2D eigenvalue weighted by atomic mass is 35.5. The lowest BCUT2D eigenvalue weighted by Crippen LogP contribution is -2.45. The SMILES string of the molecule is CCOc1cc(CN(C)C(=O)C(N)C(C)CC)ccc1OC(F)F.Cl. The standard InChI is InChI=1S/C17H26F2N2O3.ClH/c1-5-11(3)15(20)16(22)21(4)10-12-7-8-13(24-17(18)19)14(9-12)23-6-2;/h7-9,11,15,17H,5-6,10,20H2,1-4H3;1H. The molecule has 0 aromatic heterocycles. The maximum absolute atomic E-state index is 12.4. The van der Waals surface area contributed by atoms with Crippen molar-refractivity contribution in [2.45, 2.75) is 46.4 Å². The molecule has 1 aromatic rings. The molecule has 1 aromatic carbocycles. The van der Waals surface area contributed by atoms with Crippen LogP contribution in [-0.4, -0.2) is 37.1 Å².